The van der Waals surface area contributed by atoms with Crippen LogP contribution in [0.4, 0.5) is 8.78 Å². The van der Waals surface area contributed by atoms with Gasteiger partial charge in [-0.15, -0.1) is 0 Å². The molecule has 2 aromatic rings. The maximum atomic E-state index is 13.9. The molecule has 2 atom stereocenters. The predicted octanol–water partition coefficient (Wildman–Crippen LogP) is 2.33. The molecule has 1 aliphatic rings. The van der Waals surface area contributed by atoms with Gasteiger partial charge < -0.3 is 5.73 Å². The Bertz CT molecular complexity index is 828. The second-order valence-electron chi connectivity index (χ2n) is 5.91. The van der Waals surface area contributed by atoms with Crippen LogP contribution in [0.3, 0.4) is 0 Å². The van der Waals surface area contributed by atoms with Crippen LogP contribution in [0.2, 0.25) is 0 Å². The standard InChI is InChI=1S/C17H18F2N2O2S/c18-14-6-7-17(16(19)8-14)24(22,23)21-10-13(9-20)15(11-21)12-4-2-1-3-5-12/h1-8,13,15H,9-11,20H2/t13-,15+/m1/s1. The number of benzene rings is 2. The molecule has 0 saturated carbocycles. The Morgan fingerprint density at radius 1 is 1.08 bits per heavy atom. The summed E-state index contributed by atoms with van der Waals surface area (Å²) < 4.78 is 53.7. The van der Waals surface area contributed by atoms with Gasteiger partial charge in [-0.1, -0.05) is 30.3 Å². The van der Waals surface area contributed by atoms with E-state index in [1.54, 1.807) is 0 Å². The fourth-order valence-electron chi connectivity index (χ4n) is 3.17. The van der Waals surface area contributed by atoms with Crippen molar-refractivity contribution in [1.82, 2.24) is 4.31 Å². The molecule has 7 heteroatoms. The Morgan fingerprint density at radius 3 is 2.42 bits per heavy atom. The largest absolute Gasteiger partial charge is 0.330 e. The minimum absolute atomic E-state index is 0.0468. The zero-order chi connectivity index (χ0) is 17.3. The van der Waals surface area contributed by atoms with Gasteiger partial charge in [-0.05, 0) is 30.2 Å². The molecular formula is C17H18F2N2O2S. The molecule has 0 aliphatic carbocycles. The van der Waals surface area contributed by atoms with Gasteiger partial charge in [0.05, 0.1) is 0 Å². The number of sulfonamides is 1. The van der Waals surface area contributed by atoms with Crippen molar-refractivity contribution < 1.29 is 17.2 Å². The summed E-state index contributed by atoms with van der Waals surface area (Å²) >= 11 is 0. The number of nitrogens with zero attached hydrogens (tertiary/aromatic N) is 1. The van der Waals surface area contributed by atoms with E-state index < -0.39 is 26.6 Å². The normalized spacial score (nSPS) is 22.0. The van der Waals surface area contributed by atoms with Gasteiger partial charge in [0.2, 0.25) is 10.0 Å². The van der Waals surface area contributed by atoms with Crippen molar-refractivity contribution in [1.29, 1.82) is 0 Å². The number of nitrogens with two attached hydrogens (primary N) is 1. The third kappa shape index (κ3) is 3.07. The van der Waals surface area contributed by atoms with Crippen molar-refractivity contribution in [2.45, 2.75) is 10.8 Å². The van der Waals surface area contributed by atoms with Crippen LogP contribution in [-0.2, 0) is 10.0 Å². The van der Waals surface area contributed by atoms with E-state index in [-0.39, 0.29) is 24.9 Å². The smallest absolute Gasteiger partial charge is 0.246 e. The summed E-state index contributed by atoms with van der Waals surface area (Å²) in [5.41, 5.74) is 6.82. The van der Waals surface area contributed by atoms with Crippen LogP contribution in [-0.4, -0.2) is 32.4 Å². The average molecular weight is 352 g/mol. The average Bonchev–Trinajstić information content (AvgIpc) is 3.00. The molecule has 4 nitrogen and oxygen atoms in total. The predicted molar refractivity (Wildman–Crippen MR) is 86.8 cm³/mol. The van der Waals surface area contributed by atoms with Crippen LogP contribution in [0.25, 0.3) is 0 Å². The highest BCUT2D eigenvalue weighted by Crippen LogP contribution is 2.35. The van der Waals surface area contributed by atoms with Crippen molar-refractivity contribution >= 4 is 10.0 Å². The van der Waals surface area contributed by atoms with Gasteiger partial charge in [-0.2, -0.15) is 4.31 Å². The van der Waals surface area contributed by atoms with Gasteiger partial charge in [0, 0.05) is 25.1 Å². The molecule has 0 aromatic heterocycles. The van der Waals surface area contributed by atoms with E-state index in [0.29, 0.717) is 12.6 Å². The van der Waals surface area contributed by atoms with Crippen LogP contribution in [0, 0.1) is 17.6 Å². The molecule has 0 amide bonds. The van der Waals surface area contributed by atoms with Crippen LogP contribution in [0.1, 0.15) is 11.5 Å². The second kappa shape index (κ2) is 6.58. The van der Waals surface area contributed by atoms with Gasteiger partial charge in [0.1, 0.15) is 16.5 Å². The molecule has 1 heterocycles. The summed E-state index contributed by atoms with van der Waals surface area (Å²) in [6.07, 6.45) is 0. The molecule has 1 fully saturated rings. The third-order valence-electron chi connectivity index (χ3n) is 4.45. The number of hydrogen-bond acceptors (Lipinski definition) is 3. The van der Waals surface area contributed by atoms with E-state index in [1.165, 1.54) is 4.31 Å². The molecule has 2 aromatic carbocycles. The van der Waals surface area contributed by atoms with E-state index in [2.05, 4.69) is 0 Å². The summed E-state index contributed by atoms with van der Waals surface area (Å²) in [6, 6.07) is 12.0. The van der Waals surface area contributed by atoms with Gasteiger partial charge in [-0.25, -0.2) is 17.2 Å². The Kier molecular flexibility index (Phi) is 4.67. The molecule has 0 unspecified atom stereocenters. The van der Waals surface area contributed by atoms with Crippen LogP contribution >= 0.6 is 0 Å². The molecule has 24 heavy (non-hydrogen) atoms. The van der Waals surface area contributed by atoms with E-state index >= 15 is 0 Å². The highest BCUT2D eigenvalue weighted by molar-refractivity contribution is 7.89. The lowest BCUT2D eigenvalue weighted by Gasteiger charge is -2.17. The maximum absolute atomic E-state index is 13.9. The Hall–Kier alpha value is -1.83. The molecule has 1 aliphatic heterocycles. The number of rotatable bonds is 4. The summed E-state index contributed by atoms with van der Waals surface area (Å²) in [5, 5.41) is 0. The minimum Gasteiger partial charge on any atom is -0.330 e. The SMILES string of the molecule is NC[C@@H]1CN(S(=O)(=O)c2ccc(F)cc2F)C[C@H]1c1ccccc1. The van der Waals surface area contributed by atoms with Crippen molar-refractivity contribution in [2.24, 2.45) is 11.7 Å². The molecule has 1 saturated heterocycles. The van der Waals surface area contributed by atoms with Crippen LogP contribution in [0.15, 0.2) is 53.4 Å². The molecule has 0 radical (unpaired) electrons. The summed E-state index contributed by atoms with van der Waals surface area (Å²) in [4.78, 5) is -0.506. The van der Waals surface area contributed by atoms with Crippen molar-refractivity contribution in [3.63, 3.8) is 0 Å². The molecular weight excluding hydrogens is 334 g/mol. The first-order chi connectivity index (χ1) is 11.4. The third-order valence-corrected chi connectivity index (χ3v) is 6.31. The fraction of sp³-hybridized carbons (Fsp3) is 0.294. The number of hydrogen-bond donors (Lipinski definition) is 1. The van der Waals surface area contributed by atoms with Crippen molar-refractivity contribution in [3.8, 4) is 0 Å². The zero-order valence-electron chi connectivity index (χ0n) is 12.9. The maximum Gasteiger partial charge on any atom is 0.246 e. The van der Waals surface area contributed by atoms with Gasteiger partial charge in [-0.3, -0.25) is 0 Å². The molecule has 0 bridgehead atoms. The monoisotopic (exact) mass is 352 g/mol. The molecule has 128 valence electrons. The molecule has 0 spiro atoms. The van der Waals surface area contributed by atoms with E-state index in [0.717, 1.165) is 17.7 Å². The Labute approximate surface area is 139 Å². The molecule has 3 rings (SSSR count). The van der Waals surface area contributed by atoms with E-state index in [9.17, 15) is 17.2 Å². The van der Waals surface area contributed by atoms with Gasteiger partial charge in [0.25, 0.3) is 0 Å². The van der Waals surface area contributed by atoms with E-state index in [1.807, 2.05) is 30.3 Å². The van der Waals surface area contributed by atoms with Crippen LogP contribution in [0.5, 0.6) is 0 Å². The first-order valence-corrected chi connectivity index (χ1v) is 9.07. The lowest BCUT2D eigenvalue weighted by Crippen LogP contribution is -2.30. The van der Waals surface area contributed by atoms with E-state index in [4.69, 9.17) is 5.73 Å². The lowest BCUT2D eigenvalue weighted by molar-refractivity contribution is 0.452. The topological polar surface area (TPSA) is 63.4 Å². The first-order valence-electron chi connectivity index (χ1n) is 7.63. The Balaban J connectivity index is 1.92. The van der Waals surface area contributed by atoms with Gasteiger partial charge in [0.15, 0.2) is 0 Å². The zero-order valence-corrected chi connectivity index (χ0v) is 13.7. The van der Waals surface area contributed by atoms with Crippen molar-refractivity contribution in [2.75, 3.05) is 19.6 Å². The highest BCUT2D eigenvalue weighted by Gasteiger charge is 2.40. The Morgan fingerprint density at radius 2 is 1.79 bits per heavy atom. The minimum atomic E-state index is -4.03. The summed E-state index contributed by atoms with van der Waals surface area (Å²) in [7, 11) is -4.03. The molecule has 2 N–H and O–H groups in total. The van der Waals surface area contributed by atoms with Gasteiger partial charge >= 0.3 is 0 Å². The quantitative estimate of drug-likeness (QED) is 0.919. The fourth-order valence-corrected chi connectivity index (χ4v) is 4.74. The number of halogens is 2. The first kappa shape index (κ1) is 17.0. The lowest BCUT2D eigenvalue weighted by atomic mass is 9.89. The second-order valence-corrected chi connectivity index (χ2v) is 7.82. The summed E-state index contributed by atoms with van der Waals surface area (Å²) in [5.74, 6) is -1.99. The van der Waals surface area contributed by atoms with Crippen molar-refractivity contribution in [3.05, 3.63) is 65.7 Å². The van der Waals surface area contributed by atoms with Crippen LogP contribution < -0.4 is 5.73 Å². The summed E-state index contributed by atoms with van der Waals surface area (Å²) in [6.45, 7) is 0.776. The highest BCUT2D eigenvalue weighted by atomic mass is 32.2.